The van der Waals surface area contributed by atoms with Crippen molar-refractivity contribution < 1.29 is 9.59 Å². The molecule has 1 aliphatic heterocycles. The second-order valence-electron chi connectivity index (χ2n) is 8.67. The van der Waals surface area contributed by atoms with E-state index < -0.39 is 0 Å². The Labute approximate surface area is 192 Å². The number of H-pyrrole nitrogens is 1. The molecule has 7 nitrogen and oxygen atoms in total. The molecule has 1 amide bonds. The van der Waals surface area contributed by atoms with Gasteiger partial charge >= 0.3 is 0 Å². The van der Waals surface area contributed by atoms with Crippen LogP contribution in [0.25, 0.3) is 21.7 Å². The van der Waals surface area contributed by atoms with Crippen LogP contribution in [0.5, 0.6) is 0 Å². The molecule has 0 spiro atoms. The Balaban J connectivity index is 1.19. The lowest BCUT2D eigenvalue weighted by atomic mass is 10.1. The fourth-order valence-corrected chi connectivity index (χ4v) is 4.75. The summed E-state index contributed by atoms with van der Waals surface area (Å²) >= 11 is 0. The zero-order valence-corrected chi connectivity index (χ0v) is 18.4. The minimum atomic E-state index is -0.266. The van der Waals surface area contributed by atoms with E-state index in [2.05, 4.69) is 15.3 Å². The third-order valence-electron chi connectivity index (χ3n) is 6.43. The van der Waals surface area contributed by atoms with Crippen molar-refractivity contribution in [1.82, 2.24) is 20.2 Å². The van der Waals surface area contributed by atoms with Crippen LogP contribution < -0.4 is 11.1 Å². The number of para-hydroxylation sites is 1. The largest absolute Gasteiger partial charge is 0.383 e. The number of Topliss-reactive ketones (excluding diaryl/α,β-unsaturated/α-hetero) is 1. The lowest BCUT2D eigenvalue weighted by molar-refractivity contribution is -0.127. The van der Waals surface area contributed by atoms with Crippen molar-refractivity contribution in [2.45, 2.75) is 31.8 Å². The van der Waals surface area contributed by atoms with Crippen LogP contribution in [0.4, 0.5) is 5.82 Å². The van der Waals surface area contributed by atoms with Gasteiger partial charge in [0, 0.05) is 41.6 Å². The summed E-state index contributed by atoms with van der Waals surface area (Å²) in [5.41, 5.74) is 8.96. The van der Waals surface area contributed by atoms with Crippen LogP contribution in [-0.4, -0.2) is 45.7 Å². The van der Waals surface area contributed by atoms with E-state index in [0.29, 0.717) is 25.3 Å². The van der Waals surface area contributed by atoms with E-state index in [4.69, 9.17) is 5.73 Å². The van der Waals surface area contributed by atoms with Gasteiger partial charge in [0.25, 0.3) is 0 Å². The molecule has 0 saturated carbocycles. The summed E-state index contributed by atoms with van der Waals surface area (Å²) < 4.78 is 0. The van der Waals surface area contributed by atoms with Crippen LogP contribution in [0.3, 0.4) is 0 Å². The molecule has 7 heteroatoms. The second kappa shape index (κ2) is 9.03. The van der Waals surface area contributed by atoms with Gasteiger partial charge in [0.05, 0.1) is 12.6 Å². The number of carbonyl (C=O) groups is 2. The van der Waals surface area contributed by atoms with E-state index in [-0.39, 0.29) is 17.7 Å². The van der Waals surface area contributed by atoms with Gasteiger partial charge in [0.1, 0.15) is 5.82 Å². The quantitative estimate of drug-likeness (QED) is 0.409. The Bertz CT molecular complexity index is 1330. The number of benzene rings is 2. The molecule has 1 atom stereocenters. The number of nitrogens with zero attached hydrogens (tertiary/aromatic N) is 2. The van der Waals surface area contributed by atoms with Gasteiger partial charge in [-0.3, -0.25) is 14.5 Å². The number of ketones is 1. The average molecular weight is 442 g/mol. The first-order valence-electron chi connectivity index (χ1n) is 11.3. The first kappa shape index (κ1) is 21.2. The molecule has 1 unspecified atom stereocenters. The molecule has 4 N–H and O–H groups in total. The number of amides is 1. The first-order valence-corrected chi connectivity index (χ1v) is 11.3. The SMILES string of the molecule is Nc1nccc2cc(CNC(=O)C3CCCN3CC(=O)Cc3c[nH]c4ccccc34)ccc12. The highest BCUT2D eigenvalue weighted by Gasteiger charge is 2.31. The molecule has 1 fully saturated rings. The number of nitrogens with two attached hydrogens (primary N) is 1. The lowest BCUT2D eigenvalue weighted by Gasteiger charge is -2.23. The van der Waals surface area contributed by atoms with E-state index in [1.54, 1.807) is 6.20 Å². The van der Waals surface area contributed by atoms with E-state index in [1.807, 2.05) is 59.6 Å². The minimum Gasteiger partial charge on any atom is -0.383 e. The van der Waals surface area contributed by atoms with Crippen LogP contribution in [0, 0.1) is 0 Å². The number of rotatable bonds is 7. The molecular weight excluding hydrogens is 414 g/mol. The Morgan fingerprint density at radius 1 is 1.15 bits per heavy atom. The molecule has 5 rings (SSSR count). The van der Waals surface area contributed by atoms with Gasteiger partial charge in [-0.2, -0.15) is 0 Å². The van der Waals surface area contributed by atoms with E-state index in [0.717, 1.165) is 52.2 Å². The predicted molar refractivity (Wildman–Crippen MR) is 130 cm³/mol. The normalized spacial score (nSPS) is 16.4. The maximum atomic E-state index is 12.9. The summed E-state index contributed by atoms with van der Waals surface area (Å²) in [7, 11) is 0. The van der Waals surface area contributed by atoms with Gasteiger partial charge < -0.3 is 16.0 Å². The molecule has 2 aromatic heterocycles. The molecule has 0 aliphatic carbocycles. The van der Waals surface area contributed by atoms with Gasteiger partial charge in [-0.25, -0.2) is 4.98 Å². The maximum absolute atomic E-state index is 12.9. The van der Waals surface area contributed by atoms with Crippen molar-refractivity contribution in [3.63, 3.8) is 0 Å². The molecule has 1 saturated heterocycles. The van der Waals surface area contributed by atoms with Gasteiger partial charge in [-0.15, -0.1) is 0 Å². The summed E-state index contributed by atoms with van der Waals surface area (Å²) in [4.78, 5) is 35.1. The number of hydrogen-bond acceptors (Lipinski definition) is 5. The van der Waals surface area contributed by atoms with Crippen LogP contribution in [0.2, 0.25) is 0 Å². The van der Waals surface area contributed by atoms with Crippen LogP contribution >= 0.6 is 0 Å². The summed E-state index contributed by atoms with van der Waals surface area (Å²) in [6, 6.07) is 15.5. The number of aromatic amines is 1. The molecule has 0 bridgehead atoms. The van der Waals surface area contributed by atoms with Crippen molar-refractivity contribution in [2.75, 3.05) is 18.8 Å². The number of aromatic nitrogens is 2. The van der Waals surface area contributed by atoms with Crippen molar-refractivity contribution >= 4 is 39.2 Å². The fraction of sp³-hybridized carbons (Fsp3) is 0.269. The van der Waals surface area contributed by atoms with Gasteiger partial charge in [0.15, 0.2) is 5.78 Å². The number of hydrogen-bond donors (Lipinski definition) is 3. The number of pyridine rings is 1. The van der Waals surface area contributed by atoms with Gasteiger partial charge in [-0.1, -0.05) is 30.3 Å². The van der Waals surface area contributed by atoms with Gasteiger partial charge in [-0.05, 0) is 54.1 Å². The highest BCUT2D eigenvalue weighted by atomic mass is 16.2. The number of nitrogen functional groups attached to an aromatic ring is 1. The Morgan fingerprint density at radius 3 is 2.94 bits per heavy atom. The van der Waals surface area contributed by atoms with E-state index in [1.165, 1.54) is 0 Å². The molecular formula is C26H27N5O2. The summed E-state index contributed by atoms with van der Waals surface area (Å²) in [6.45, 7) is 1.49. The zero-order valence-electron chi connectivity index (χ0n) is 18.4. The third-order valence-corrected chi connectivity index (χ3v) is 6.43. The number of anilines is 1. The maximum Gasteiger partial charge on any atom is 0.237 e. The van der Waals surface area contributed by atoms with Crippen molar-refractivity contribution in [2.24, 2.45) is 0 Å². The van der Waals surface area contributed by atoms with E-state index in [9.17, 15) is 9.59 Å². The highest BCUT2D eigenvalue weighted by Crippen LogP contribution is 2.22. The molecule has 168 valence electrons. The first-order chi connectivity index (χ1) is 16.1. The molecule has 2 aromatic carbocycles. The molecule has 3 heterocycles. The van der Waals surface area contributed by atoms with E-state index >= 15 is 0 Å². The Hall–Kier alpha value is -3.71. The average Bonchev–Trinajstić information content (AvgIpc) is 3.45. The standard InChI is InChI=1S/C26H27N5O2/c27-25-22-8-7-17(12-18(22)9-10-28-25)14-30-26(33)24-6-3-11-31(24)16-20(32)13-19-15-29-23-5-2-1-4-21(19)23/h1-2,4-5,7-10,12,15,24,29H,3,6,11,13-14,16H2,(H2,27,28)(H,30,33). The number of fused-ring (bicyclic) bond motifs is 2. The van der Waals surface area contributed by atoms with Crippen molar-refractivity contribution in [3.8, 4) is 0 Å². The van der Waals surface area contributed by atoms with Crippen LogP contribution in [0.15, 0.2) is 60.9 Å². The number of carbonyl (C=O) groups excluding carboxylic acids is 2. The van der Waals surface area contributed by atoms with Crippen molar-refractivity contribution in [1.29, 1.82) is 0 Å². The van der Waals surface area contributed by atoms with Gasteiger partial charge in [0.2, 0.25) is 5.91 Å². The Morgan fingerprint density at radius 2 is 2.03 bits per heavy atom. The molecule has 0 radical (unpaired) electrons. The number of likely N-dealkylation sites (tertiary alicyclic amines) is 1. The predicted octanol–water partition coefficient (Wildman–Crippen LogP) is 3.19. The van der Waals surface area contributed by atoms with Crippen LogP contribution in [0.1, 0.15) is 24.0 Å². The topological polar surface area (TPSA) is 104 Å². The number of nitrogens with one attached hydrogen (secondary N) is 2. The summed E-state index contributed by atoms with van der Waals surface area (Å²) in [5, 5.41) is 6.03. The second-order valence-corrected chi connectivity index (χ2v) is 8.67. The summed E-state index contributed by atoms with van der Waals surface area (Å²) in [6.07, 6.45) is 5.64. The smallest absolute Gasteiger partial charge is 0.237 e. The Kier molecular flexibility index (Phi) is 5.79. The molecule has 33 heavy (non-hydrogen) atoms. The molecule has 4 aromatic rings. The lowest BCUT2D eigenvalue weighted by Crippen LogP contribution is -2.45. The monoisotopic (exact) mass is 441 g/mol. The third kappa shape index (κ3) is 4.45. The fourth-order valence-electron chi connectivity index (χ4n) is 4.75. The van der Waals surface area contributed by atoms with Crippen LogP contribution in [-0.2, 0) is 22.6 Å². The molecule has 1 aliphatic rings. The summed E-state index contributed by atoms with van der Waals surface area (Å²) in [5.74, 6) is 0.601. The minimum absolute atomic E-state index is 0.0262. The zero-order chi connectivity index (χ0) is 22.8. The van der Waals surface area contributed by atoms with Crippen molar-refractivity contribution in [3.05, 3.63) is 72.1 Å². The highest BCUT2D eigenvalue weighted by molar-refractivity contribution is 5.92.